The molecule has 67 heavy (non-hydrogen) atoms. The fourth-order valence-electron chi connectivity index (χ4n) is 10.4. The number of imidazole rings is 1. The first-order chi connectivity index (χ1) is 33.2. The highest BCUT2D eigenvalue weighted by Gasteiger charge is 2.21. The van der Waals surface area contributed by atoms with E-state index in [1.807, 2.05) is 18.3 Å². The van der Waals surface area contributed by atoms with Crippen molar-refractivity contribution in [1.29, 1.82) is 0 Å². The summed E-state index contributed by atoms with van der Waals surface area (Å²) in [5.74, 6) is 2.29. The predicted molar refractivity (Wildman–Crippen MR) is 271 cm³/mol. The Balaban J connectivity index is 0.880. The van der Waals surface area contributed by atoms with Crippen molar-refractivity contribution in [2.24, 2.45) is 0 Å². The van der Waals surface area contributed by atoms with E-state index in [2.05, 4.69) is 241 Å². The van der Waals surface area contributed by atoms with Crippen LogP contribution < -0.4 is 9.30 Å². The monoisotopic (exact) mass is 858 g/mol. The second-order valence-corrected chi connectivity index (χ2v) is 17.0. The first-order valence-electron chi connectivity index (χ1n) is 22.5. The van der Waals surface area contributed by atoms with E-state index in [9.17, 15) is 0 Å². The lowest BCUT2D eigenvalue weighted by Crippen LogP contribution is -2.30. The molecule has 0 aliphatic rings. The standard InChI is InChI=1S/C60H38N6O/c1-3-17-40(18-4-1)64-51-27-10-9-25-47(51)50-37-59(61-38-58(50)64)66-53-29-12-7-23-45(53)48-34-33-44(36-57(48)66)67-43-22-15-21-42(35-43)62-39-63(55-31-14-13-30-54(55)62)56-32-16-26-49-46-24-8-11-28-52(46)65(60(49)56)41-19-5-2-6-20-41/h1-38H. The summed E-state index contributed by atoms with van der Waals surface area (Å²) in [4.78, 5) is 5.18. The zero-order valence-electron chi connectivity index (χ0n) is 36.0. The van der Waals surface area contributed by atoms with Crippen LogP contribution in [0.15, 0.2) is 231 Å². The van der Waals surface area contributed by atoms with E-state index in [1.54, 1.807) is 0 Å². The molecule has 0 saturated heterocycles. The van der Waals surface area contributed by atoms with Gasteiger partial charge in [-0.2, -0.15) is 0 Å². The number of aromatic nitrogens is 6. The van der Waals surface area contributed by atoms with Crippen molar-refractivity contribution in [3.63, 3.8) is 0 Å². The molecule has 0 saturated carbocycles. The Hall–Kier alpha value is -9.20. The van der Waals surface area contributed by atoms with Crippen molar-refractivity contribution >= 4 is 76.5 Å². The van der Waals surface area contributed by atoms with Gasteiger partial charge in [-0.25, -0.2) is 4.98 Å². The fourth-order valence-corrected chi connectivity index (χ4v) is 10.4. The Morgan fingerprint density at radius 3 is 1.69 bits per heavy atom. The summed E-state index contributed by atoms with van der Waals surface area (Å²) < 4.78 is 18.1. The summed E-state index contributed by atoms with van der Waals surface area (Å²) in [7, 11) is 0. The Morgan fingerprint density at radius 1 is 0.373 bits per heavy atom. The normalized spacial score (nSPS) is 11.9. The van der Waals surface area contributed by atoms with Crippen LogP contribution in [0.2, 0.25) is 0 Å². The highest BCUT2D eigenvalue weighted by Crippen LogP contribution is 2.39. The molecule has 314 valence electrons. The minimum absolute atomic E-state index is 0.719. The van der Waals surface area contributed by atoms with Crippen molar-refractivity contribution in [2.45, 2.75) is 0 Å². The van der Waals surface area contributed by atoms with Gasteiger partial charge >= 0.3 is 0 Å². The van der Waals surface area contributed by atoms with Crippen LogP contribution in [0.5, 0.6) is 11.5 Å². The number of para-hydroxylation sites is 8. The summed E-state index contributed by atoms with van der Waals surface area (Å²) in [6.45, 7) is 0. The smallest absolute Gasteiger partial charge is 0.269 e. The molecule has 7 nitrogen and oxygen atoms in total. The molecule has 0 radical (unpaired) electrons. The molecule has 5 aromatic heterocycles. The Morgan fingerprint density at radius 2 is 0.925 bits per heavy atom. The van der Waals surface area contributed by atoms with Gasteiger partial charge in [-0.3, -0.25) is 13.7 Å². The second-order valence-electron chi connectivity index (χ2n) is 17.0. The van der Waals surface area contributed by atoms with Crippen LogP contribution in [0.1, 0.15) is 0 Å². The zero-order chi connectivity index (χ0) is 44.0. The van der Waals surface area contributed by atoms with Gasteiger partial charge < -0.3 is 13.9 Å². The van der Waals surface area contributed by atoms with Gasteiger partial charge in [0, 0.05) is 49.8 Å². The summed E-state index contributed by atoms with van der Waals surface area (Å²) >= 11 is 0. The van der Waals surface area contributed by atoms with Crippen LogP contribution in [0.3, 0.4) is 0 Å². The van der Waals surface area contributed by atoms with Crippen LogP contribution in [-0.4, -0.2) is 23.3 Å². The molecule has 0 fully saturated rings. The van der Waals surface area contributed by atoms with E-state index in [0.717, 1.165) is 100 Å². The lowest BCUT2D eigenvalue weighted by atomic mass is 10.1. The minimum atomic E-state index is 0.719. The van der Waals surface area contributed by atoms with Crippen molar-refractivity contribution < 1.29 is 9.30 Å². The maximum atomic E-state index is 6.80. The molecule has 0 amide bonds. The van der Waals surface area contributed by atoms with Crippen molar-refractivity contribution in [2.75, 3.05) is 0 Å². The van der Waals surface area contributed by atoms with Gasteiger partial charge in [0.05, 0.1) is 61.7 Å². The van der Waals surface area contributed by atoms with Gasteiger partial charge in [0.15, 0.2) is 0 Å². The minimum Gasteiger partial charge on any atom is -0.458 e. The lowest BCUT2D eigenvalue weighted by Gasteiger charge is -2.12. The van der Waals surface area contributed by atoms with Crippen LogP contribution in [0.25, 0.3) is 105 Å². The molecule has 5 heterocycles. The number of nitrogens with zero attached hydrogens (tertiary/aromatic N) is 6. The molecule has 0 spiro atoms. The van der Waals surface area contributed by atoms with Crippen molar-refractivity contribution in [3.8, 4) is 40.1 Å². The highest BCUT2D eigenvalue weighted by molar-refractivity contribution is 6.13. The topological polar surface area (TPSA) is 45.7 Å². The maximum Gasteiger partial charge on any atom is 0.269 e. The van der Waals surface area contributed by atoms with Crippen LogP contribution in [-0.2, 0) is 0 Å². The van der Waals surface area contributed by atoms with Gasteiger partial charge in [0.2, 0.25) is 0 Å². The van der Waals surface area contributed by atoms with Crippen molar-refractivity contribution in [1.82, 2.24) is 23.3 Å². The molecule has 14 rings (SSSR count). The van der Waals surface area contributed by atoms with E-state index in [0.29, 0.717) is 0 Å². The van der Waals surface area contributed by atoms with E-state index < -0.39 is 0 Å². The predicted octanol–water partition coefficient (Wildman–Crippen LogP) is 14.2. The average molecular weight is 859 g/mol. The van der Waals surface area contributed by atoms with Crippen molar-refractivity contribution in [3.05, 3.63) is 237 Å². The van der Waals surface area contributed by atoms with E-state index in [1.165, 1.54) is 16.2 Å². The van der Waals surface area contributed by atoms with Gasteiger partial charge in [0.1, 0.15) is 17.3 Å². The molecule has 0 aliphatic heterocycles. The number of pyridine rings is 1. The van der Waals surface area contributed by atoms with E-state index >= 15 is 0 Å². The number of hydrogen-bond donors (Lipinski definition) is 0. The summed E-state index contributed by atoms with van der Waals surface area (Å²) in [6.07, 6.45) is 5.79. The molecule has 0 unspecified atom stereocenters. The maximum absolute atomic E-state index is 6.80. The number of fused-ring (bicyclic) bond motifs is 10. The second kappa shape index (κ2) is 14.7. The van der Waals surface area contributed by atoms with Crippen LogP contribution in [0, 0.1) is 6.33 Å². The third kappa shape index (κ3) is 5.71. The molecular weight excluding hydrogens is 821 g/mol. The SMILES string of the molecule is [c-]1n(-c2cccc(Oc3ccc4c5ccccc5n(-c5cc6c7ccccc7n(-c7ccccc7)c6cn5)c4c3)c2)c2ccccc2[n+]1-c1cccc2c3ccccc3n(-c3ccccc3)c12. The third-order valence-electron chi connectivity index (χ3n) is 13.2. The molecule has 0 N–H and O–H groups in total. The molecule has 0 atom stereocenters. The Bertz CT molecular complexity index is 4250. The quantitative estimate of drug-likeness (QED) is 0.118. The fraction of sp³-hybridized carbons (Fsp3) is 0. The van der Waals surface area contributed by atoms with Gasteiger partial charge in [0.25, 0.3) is 6.33 Å². The first kappa shape index (κ1) is 37.2. The molecule has 9 aromatic carbocycles. The molecule has 7 heteroatoms. The zero-order valence-corrected chi connectivity index (χ0v) is 36.0. The molecule has 0 aliphatic carbocycles. The average Bonchev–Trinajstić information content (AvgIpc) is 4.13. The highest BCUT2D eigenvalue weighted by atomic mass is 16.5. The largest absolute Gasteiger partial charge is 0.458 e. The van der Waals surface area contributed by atoms with Crippen LogP contribution in [0.4, 0.5) is 0 Å². The molecular formula is C60H38N6O. The number of hydrogen-bond acceptors (Lipinski definition) is 2. The van der Waals surface area contributed by atoms with E-state index in [-0.39, 0.29) is 0 Å². The summed E-state index contributed by atoms with van der Waals surface area (Å²) in [5.41, 5.74) is 12.9. The molecule has 14 aromatic rings. The third-order valence-corrected chi connectivity index (χ3v) is 13.2. The Labute approximate surface area is 384 Å². The van der Waals surface area contributed by atoms with Gasteiger partial charge in [-0.05, 0) is 84.9 Å². The summed E-state index contributed by atoms with van der Waals surface area (Å²) in [5, 5.41) is 7.01. The Kier molecular flexibility index (Phi) is 8.15. The van der Waals surface area contributed by atoms with Gasteiger partial charge in [-0.15, -0.1) is 0 Å². The first-order valence-corrected chi connectivity index (χ1v) is 22.5. The lowest BCUT2D eigenvalue weighted by molar-refractivity contribution is -0.571. The number of rotatable bonds is 7. The van der Waals surface area contributed by atoms with Gasteiger partial charge in [-0.1, -0.05) is 133 Å². The summed E-state index contributed by atoms with van der Waals surface area (Å²) in [6, 6.07) is 78.8. The molecule has 0 bridgehead atoms. The number of ether oxygens (including phenoxy) is 1. The van der Waals surface area contributed by atoms with E-state index in [4.69, 9.17) is 9.72 Å². The number of benzene rings is 9. The van der Waals surface area contributed by atoms with Crippen LogP contribution >= 0.6 is 0 Å².